The summed E-state index contributed by atoms with van der Waals surface area (Å²) in [4.78, 5) is 15.8. The van der Waals surface area contributed by atoms with E-state index in [9.17, 15) is 13.6 Å². The Labute approximate surface area is 144 Å². The fourth-order valence-electron chi connectivity index (χ4n) is 3.08. The van der Waals surface area contributed by atoms with Gasteiger partial charge in [-0.1, -0.05) is 19.3 Å². The minimum absolute atomic E-state index is 0.237. The molecule has 7 heteroatoms. The molecule has 132 valence electrons. The number of aromatic nitrogens is 1. The van der Waals surface area contributed by atoms with E-state index in [0.717, 1.165) is 31.7 Å². The van der Waals surface area contributed by atoms with Crippen LogP contribution in [0.2, 0.25) is 0 Å². The lowest BCUT2D eigenvalue weighted by Crippen LogP contribution is -2.25. The zero-order valence-corrected chi connectivity index (χ0v) is 13.7. The minimum Gasteiger partial charge on any atom is -0.382 e. The summed E-state index contributed by atoms with van der Waals surface area (Å²) < 4.78 is 26.6. The minimum atomic E-state index is -0.684. The third-order valence-electron chi connectivity index (χ3n) is 4.27. The summed E-state index contributed by atoms with van der Waals surface area (Å²) >= 11 is 0. The summed E-state index contributed by atoms with van der Waals surface area (Å²) in [6.45, 7) is 0. The summed E-state index contributed by atoms with van der Waals surface area (Å²) in [5.41, 5.74) is 6.53. The molecule has 1 aliphatic carbocycles. The molecule has 0 saturated heterocycles. The Morgan fingerprint density at radius 2 is 1.76 bits per heavy atom. The van der Waals surface area contributed by atoms with Crippen molar-refractivity contribution in [2.75, 3.05) is 10.6 Å². The Hall–Kier alpha value is -2.70. The number of nitrogens with two attached hydrogens (primary N) is 1. The van der Waals surface area contributed by atoms with E-state index >= 15 is 0 Å². The normalized spacial score (nSPS) is 15.0. The van der Waals surface area contributed by atoms with Crippen molar-refractivity contribution in [3.05, 3.63) is 47.7 Å². The number of primary amides is 1. The van der Waals surface area contributed by atoms with Crippen LogP contribution in [0.15, 0.2) is 30.5 Å². The van der Waals surface area contributed by atoms with Crippen LogP contribution in [0, 0.1) is 11.6 Å². The van der Waals surface area contributed by atoms with E-state index in [1.807, 2.05) is 0 Å². The van der Waals surface area contributed by atoms with Crippen LogP contribution in [0.1, 0.15) is 42.5 Å². The summed E-state index contributed by atoms with van der Waals surface area (Å²) in [5.74, 6) is -1.57. The molecule has 0 bridgehead atoms. The average molecular weight is 346 g/mol. The molecule has 0 unspecified atom stereocenters. The smallest absolute Gasteiger partial charge is 0.252 e. The molecule has 0 aliphatic heterocycles. The number of nitrogens with zero attached hydrogens (tertiary/aromatic N) is 1. The van der Waals surface area contributed by atoms with E-state index < -0.39 is 17.5 Å². The van der Waals surface area contributed by atoms with Crippen molar-refractivity contribution in [3.63, 3.8) is 0 Å². The van der Waals surface area contributed by atoms with Crippen molar-refractivity contribution < 1.29 is 13.6 Å². The third-order valence-corrected chi connectivity index (χ3v) is 4.27. The van der Waals surface area contributed by atoms with Crippen molar-refractivity contribution in [3.8, 4) is 0 Å². The molecule has 1 saturated carbocycles. The zero-order chi connectivity index (χ0) is 17.8. The molecule has 0 spiro atoms. The molecule has 3 rings (SSSR count). The monoisotopic (exact) mass is 346 g/mol. The number of hydrogen-bond acceptors (Lipinski definition) is 4. The highest BCUT2D eigenvalue weighted by Gasteiger charge is 2.17. The number of carbonyl (C=O) groups is 1. The second-order valence-electron chi connectivity index (χ2n) is 6.24. The van der Waals surface area contributed by atoms with Crippen LogP contribution in [0.4, 0.5) is 26.0 Å². The molecule has 2 aromatic rings. The zero-order valence-electron chi connectivity index (χ0n) is 13.7. The number of nitrogens with one attached hydrogen (secondary N) is 2. The molecule has 1 amide bonds. The summed E-state index contributed by atoms with van der Waals surface area (Å²) in [5, 5.41) is 6.20. The van der Waals surface area contributed by atoms with Gasteiger partial charge in [-0.05, 0) is 25.0 Å². The van der Waals surface area contributed by atoms with Gasteiger partial charge < -0.3 is 16.4 Å². The molecule has 1 aromatic carbocycles. The molecule has 1 fully saturated rings. The van der Waals surface area contributed by atoms with Gasteiger partial charge in [-0.2, -0.15) is 0 Å². The number of carbonyl (C=O) groups excluding carboxylic acids is 1. The van der Waals surface area contributed by atoms with Crippen molar-refractivity contribution in [2.45, 2.75) is 38.1 Å². The Morgan fingerprint density at radius 1 is 1.08 bits per heavy atom. The number of halogens is 2. The van der Waals surface area contributed by atoms with Crippen LogP contribution < -0.4 is 16.4 Å². The Balaban J connectivity index is 1.84. The van der Waals surface area contributed by atoms with Crippen LogP contribution in [0.5, 0.6) is 0 Å². The van der Waals surface area contributed by atoms with E-state index in [0.29, 0.717) is 17.1 Å². The van der Waals surface area contributed by atoms with Crippen LogP contribution >= 0.6 is 0 Å². The third kappa shape index (κ3) is 4.43. The number of hydrogen-bond donors (Lipinski definition) is 3. The summed E-state index contributed by atoms with van der Waals surface area (Å²) in [7, 11) is 0. The lowest BCUT2D eigenvalue weighted by Gasteiger charge is -2.25. The van der Waals surface area contributed by atoms with Crippen molar-refractivity contribution in [1.29, 1.82) is 0 Å². The highest BCUT2D eigenvalue weighted by atomic mass is 19.1. The molecule has 25 heavy (non-hydrogen) atoms. The maximum atomic E-state index is 13.3. The fraction of sp³-hybridized carbons (Fsp3) is 0.333. The number of pyridine rings is 1. The first-order chi connectivity index (χ1) is 12.0. The predicted molar refractivity (Wildman–Crippen MR) is 92.9 cm³/mol. The predicted octanol–water partition coefficient (Wildman–Crippen LogP) is 3.95. The largest absolute Gasteiger partial charge is 0.382 e. The second kappa shape index (κ2) is 7.46. The van der Waals surface area contributed by atoms with Gasteiger partial charge >= 0.3 is 0 Å². The first-order valence-electron chi connectivity index (χ1n) is 8.31. The van der Waals surface area contributed by atoms with Crippen molar-refractivity contribution >= 4 is 23.1 Å². The summed E-state index contributed by atoms with van der Waals surface area (Å²) in [6.07, 6.45) is 6.92. The molecule has 1 aliphatic rings. The number of rotatable bonds is 5. The van der Waals surface area contributed by atoms with Gasteiger partial charge in [0.25, 0.3) is 5.91 Å². The van der Waals surface area contributed by atoms with E-state index in [1.54, 1.807) is 6.07 Å². The van der Waals surface area contributed by atoms with Gasteiger partial charge in [0.05, 0.1) is 11.3 Å². The van der Waals surface area contributed by atoms with E-state index in [2.05, 4.69) is 15.6 Å². The van der Waals surface area contributed by atoms with Gasteiger partial charge in [0.1, 0.15) is 17.5 Å². The molecule has 0 atom stereocenters. The fourth-order valence-corrected chi connectivity index (χ4v) is 3.08. The van der Waals surface area contributed by atoms with Gasteiger partial charge in [0.15, 0.2) is 0 Å². The van der Waals surface area contributed by atoms with Crippen molar-refractivity contribution in [1.82, 2.24) is 4.98 Å². The Kier molecular flexibility index (Phi) is 5.11. The van der Waals surface area contributed by atoms with Gasteiger partial charge in [-0.15, -0.1) is 0 Å². The molecular formula is C18H20F2N4O. The first kappa shape index (κ1) is 17.1. The van der Waals surface area contributed by atoms with E-state index in [-0.39, 0.29) is 11.7 Å². The van der Waals surface area contributed by atoms with Gasteiger partial charge in [-0.3, -0.25) is 4.79 Å². The molecule has 1 aromatic heterocycles. The molecule has 5 nitrogen and oxygen atoms in total. The first-order valence-corrected chi connectivity index (χ1v) is 8.31. The highest BCUT2D eigenvalue weighted by molar-refractivity contribution is 5.98. The van der Waals surface area contributed by atoms with E-state index in [1.165, 1.54) is 24.8 Å². The quantitative estimate of drug-likeness (QED) is 0.766. The molecule has 4 N–H and O–H groups in total. The number of anilines is 3. The average Bonchev–Trinajstić information content (AvgIpc) is 2.54. The topological polar surface area (TPSA) is 80.0 Å². The van der Waals surface area contributed by atoms with Crippen LogP contribution in [-0.2, 0) is 0 Å². The molecule has 1 heterocycles. The van der Waals surface area contributed by atoms with Gasteiger partial charge in [-0.25, -0.2) is 13.8 Å². The lowest BCUT2D eigenvalue weighted by atomic mass is 9.95. The highest BCUT2D eigenvalue weighted by Crippen LogP contribution is 2.26. The molecular weight excluding hydrogens is 326 g/mol. The van der Waals surface area contributed by atoms with Crippen LogP contribution in [0.25, 0.3) is 0 Å². The number of benzene rings is 1. The van der Waals surface area contributed by atoms with Crippen LogP contribution in [0.3, 0.4) is 0 Å². The Morgan fingerprint density at radius 3 is 2.40 bits per heavy atom. The maximum absolute atomic E-state index is 13.3. The maximum Gasteiger partial charge on any atom is 0.252 e. The van der Waals surface area contributed by atoms with Crippen molar-refractivity contribution in [2.24, 2.45) is 5.73 Å². The standard InChI is InChI=1S/C18H20F2N4O/c19-11-6-12(20)8-14(7-11)24-17-9-16(15(10-22-17)18(21)25)23-13-4-2-1-3-5-13/h6-10,13H,1-5H2,(H2,21,25)(H2,22,23,24). The SMILES string of the molecule is NC(=O)c1cnc(Nc2cc(F)cc(F)c2)cc1NC1CCCCC1. The summed E-state index contributed by atoms with van der Waals surface area (Å²) in [6, 6.07) is 5.04. The number of amides is 1. The second-order valence-corrected chi connectivity index (χ2v) is 6.24. The van der Waals surface area contributed by atoms with Gasteiger partial charge in [0.2, 0.25) is 0 Å². The lowest BCUT2D eigenvalue weighted by molar-refractivity contribution is 0.100. The van der Waals surface area contributed by atoms with E-state index in [4.69, 9.17) is 5.73 Å². The Bertz CT molecular complexity index is 755. The van der Waals surface area contributed by atoms with Crippen LogP contribution in [-0.4, -0.2) is 16.9 Å². The molecule has 0 radical (unpaired) electrons. The van der Waals surface area contributed by atoms with Gasteiger partial charge in [0, 0.05) is 30.1 Å².